The standard InChI is InChI=1S/C17H21N3O2S/c21-15-9-13(11-20(15)10-12-5-2-1-3-6-12)17-18-16(19-22-17)14-7-4-8-23-14/h4,7-8,12-13H,1-3,5-6,9-11H2. The summed E-state index contributed by atoms with van der Waals surface area (Å²) in [5.41, 5.74) is 0. The van der Waals surface area contributed by atoms with Crippen LogP contribution in [0.2, 0.25) is 0 Å². The van der Waals surface area contributed by atoms with Gasteiger partial charge in [0.15, 0.2) is 0 Å². The summed E-state index contributed by atoms with van der Waals surface area (Å²) < 4.78 is 5.43. The first-order chi connectivity index (χ1) is 11.3. The van der Waals surface area contributed by atoms with Crippen molar-refractivity contribution in [2.45, 2.75) is 44.4 Å². The Morgan fingerprint density at radius 2 is 2.17 bits per heavy atom. The highest BCUT2D eigenvalue weighted by Crippen LogP contribution is 2.32. The second kappa shape index (κ2) is 6.43. The highest BCUT2D eigenvalue weighted by Gasteiger charge is 2.35. The van der Waals surface area contributed by atoms with Crippen LogP contribution in [0, 0.1) is 5.92 Å². The number of thiophene rings is 1. The van der Waals surface area contributed by atoms with Crippen LogP contribution in [0.4, 0.5) is 0 Å². The summed E-state index contributed by atoms with van der Waals surface area (Å²) in [6.07, 6.45) is 6.99. The molecule has 1 atom stereocenters. The van der Waals surface area contributed by atoms with Gasteiger partial charge in [0, 0.05) is 19.5 Å². The minimum atomic E-state index is 0.0484. The van der Waals surface area contributed by atoms with E-state index in [1.165, 1.54) is 32.1 Å². The van der Waals surface area contributed by atoms with Gasteiger partial charge < -0.3 is 9.42 Å². The number of likely N-dealkylation sites (tertiary alicyclic amines) is 1. The maximum absolute atomic E-state index is 12.3. The van der Waals surface area contributed by atoms with E-state index < -0.39 is 0 Å². The van der Waals surface area contributed by atoms with E-state index in [2.05, 4.69) is 10.1 Å². The fraction of sp³-hybridized carbons (Fsp3) is 0.588. The summed E-state index contributed by atoms with van der Waals surface area (Å²) in [6.45, 7) is 1.63. The lowest BCUT2D eigenvalue weighted by molar-refractivity contribution is -0.128. The van der Waals surface area contributed by atoms with E-state index in [4.69, 9.17) is 4.52 Å². The topological polar surface area (TPSA) is 59.2 Å². The summed E-state index contributed by atoms with van der Waals surface area (Å²) in [6, 6.07) is 3.95. The third kappa shape index (κ3) is 3.17. The van der Waals surface area contributed by atoms with Crippen molar-refractivity contribution < 1.29 is 9.32 Å². The Morgan fingerprint density at radius 3 is 2.96 bits per heavy atom. The SMILES string of the molecule is O=C1CC(c2nc(-c3cccs3)no2)CN1CC1CCCCC1. The number of hydrogen-bond acceptors (Lipinski definition) is 5. The summed E-state index contributed by atoms with van der Waals surface area (Å²) >= 11 is 1.59. The van der Waals surface area contributed by atoms with Gasteiger partial charge in [-0.15, -0.1) is 11.3 Å². The summed E-state index contributed by atoms with van der Waals surface area (Å²) in [4.78, 5) is 19.8. The number of carbonyl (C=O) groups excluding carboxylic acids is 1. The van der Waals surface area contributed by atoms with Gasteiger partial charge in [0.2, 0.25) is 17.6 Å². The van der Waals surface area contributed by atoms with Gasteiger partial charge in [-0.1, -0.05) is 30.5 Å². The van der Waals surface area contributed by atoms with Crippen molar-refractivity contribution in [3.63, 3.8) is 0 Å². The zero-order chi connectivity index (χ0) is 15.6. The van der Waals surface area contributed by atoms with Crippen LogP contribution in [0.3, 0.4) is 0 Å². The van der Waals surface area contributed by atoms with Gasteiger partial charge in [-0.3, -0.25) is 4.79 Å². The van der Waals surface area contributed by atoms with Crippen molar-refractivity contribution in [3.05, 3.63) is 23.4 Å². The van der Waals surface area contributed by atoms with Crippen LogP contribution in [0.5, 0.6) is 0 Å². The van der Waals surface area contributed by atoms with Crippen LogP contribution in [-0.2, 0) is 4.79 Å². The van der Waals surface area contributed by atoms with Crippen molar-refractivity contribution >= 4 is 17.2 Å². The van der Waals surface area contributed by atoms with Crippen molar-refractivity contribution in [1.29, 1.82) is 0 Å². The third-order valence-corrected chi connectivity index (χ3v) is 5.82. The molecule has 0 radical (unpaired) electrons. The van der Waals surface area contributed by atoms with Crippen LogP contribution in [0.25, 0.3) is 10.7 Å². The average Bonchev–Trinajstić information content (AvgIpc) is 3.29. The molecule has 6 heteroatoms. The molecule has 5 nitrogen and oxygen atoms in total. The number of aromatic nitrogens is 2. The van der Waals surface area contributed by atoms with E-state index in [0.717, 1.165) is 18.0 Å². The van der Waals surface area contributed by atoms with Crippen LogP contribution in [0.1, 0.15) is 50.3 Å². The normalized spacial score (nSPS) is 22.9. The van der Waals surface area contributed by atoms with Crippen molar-refractivity contribution in [3.8, 4) is 10.7 Å². The molecule has 0 spiro atoms. The van der Waals surface area contributed by atoms with E-state index in [0.29, 0.717) is 24.1 Å². The summed E-state index contributed by atoms with van der Waals surface area (Å²) in [7, 11) is 0. The molecule has 0 bridgehead atoms. The van der Waals surface area contributed by atoms with Crippen LogP contribution < -0.4 is 0 Å². The molecule has 1 saturated heterocycles. The smallest absolute Gasteiger partial charge is 0.232 e. The lowest BCUT2D eigenvalue weighted by Crippen LogP contribution is -2.31. The molecular weight excluding hydrogens is 310 g/mol. The Labute approximate surface area is 139 Å². The molecule has 4 rings (SSSR count). The summed E-state index contributed by atoms with van der Waals surface area (Å²) in [5.74, 6) is 2.20. The Hall–Kier alpha value is -1.69. The Morgan fingerprint density at radius 1 is 1.30 bits per heavy atom. The Bertz CT molecular complexity index is 661. The van der Waals surface area contributed by atoms with E-state index >= 15 is 0 Å². The number of rotatable bonds is 4. The molecule has 2 aliphatic rings. The maximum atomic E-state index is 12.3. The predicted molar refractivity (Wildman–Crippen MR) is 88.1 cm³/mol. The molecule has 2 fully saturated rings. The van der Waals surface area contributed by atoms with Gasteiger partial charge >= 0.3 is 0 Å². The molecule has 1 saturated carbocycles. The van der Waals surface area contributed by atoms with Crippen molar-refractivity contribution in [2.75, 3.05) is 13.1 Å². The molecule has 1 aliphatic heterocycles. The minimum Gasteiger partial charge on any atom is -0.342 e. The van der Waals surface area contributed by atoms with Crippen molar-refractivity contribution in [2.24, 2.45) is 5.92 Å². The quantitative estimate of drug-likeness (QED) is 0.857. The summed E-state index contributed by atoms with van der Waals surface area (Å²) in [5, 5.41) is 6.06. The molecule has 1 unspecified atom stereocenters. The van der Waals surface area contributed by atoms with Gasteiger partial charge in [0.25, 0.3) is 0 Å². The first kappa shape index (κ1) is 14.9. The second-order valence-corrected chi connectivity index (χ2v) is 7.59. The maximum Gasteiger partial charge on any atom is 0.232 e. The van der Waals surface area contributed by atoms with E-state index in [1.54, 1.807) is 11.3 Å². The molecule has 1 aliphatic carbocycles. The lowest BCUT2D eigenvalue weighted by Gasteiger charge is -2.26. The largest absolute Gasteiger partial charge is 0.342 e. The molecule has 1 amide bonds. The lowest BCUT2D eigenvalue weighted by atomic mass is 9.89. The average molecular weight is 331 g/mol. The number of amides is 1. The number of nitrogens with zero attached hydrogens (tertiary/aromatic N) is 3. The fourth-order valence-corrected chi connectivity index (χ4v) is 4.35. The molecule has 2 aromatic heterocycles. The van der Waals surface area contributed by atoms with Crippen LogP contribution in [-0.4, -0.2) is 34.0 Å². The fourth-order valence-electron chi connectivity index (χ4n) is 3.70. The van der Waals surface area contributed by atoms with Gasteiger partial charge in [-0.25, -0.2) is 0 Å². The van der Waals surface area contributed by atoms with E-state index in [1.807, 2.05) is 22.4 Å². The molecule has 0 aromatic carbocycles. The molecule has 122 valence electrons. The molecule has 0 N–H and O–H groups in total. The van der Waals surface area contributed by atoms with E-state index in [9.17, 15) is 4.79 Å². The van der Waals surface area contributed by atoms with Gasteiger partial charge in [0.1, 0.15) is 0 Å². The zero-order valence-electron chi connectivity index (χ0n) is 13.1. The number of carbonyl (C=O) groups is 1. The Kier molecular flexibility index (Phi) is 4.16. The highest BCUT2D eigenvalue weighted by atomic mass is 32.1. The van der Waals surface area contributed by atoms with Crippen molar-refractivity contribution in [1.82, 2.24) is 15.0 Å². The number of hydrogen-bond donors (Lipinski definition) is 0. The monoisotopic (exact) mass is 331 g/mol. The molecular formula is C17H21N3O2S. The first-order valence-corrected chi connectivity index (χ1v) is 9.33. The minimum absolute atomic E-state index is 0.0484. The second-order valence-electron chi connectivity index (χ2n) is 6.64. The molecule has 3 heterocycles. The van der Waals surface area contributed by atoms with Crippen LogP contribution in [0.15, 0.2) is 22.0 Å². The molecule has 2 aromatic rings. The van der Waals surface area contributed by atoms with Crippen LogP contribution >= 0.6 is 11.3 Å². The third-order valence-electron chi connectivity index (χ3n) is 4.95. The highest BCUT2D eigenvalue weighted by molar-refractivity contribution is 7.13. The van der Waals surface area contributed by atoms with Gasteiger partial charge in [0.05, 0.1) is 10.8 Å². The van der Waals surface area contributed by atoms with E-state index in [-0.39, 0.29) is 11.8 Å². The molecule has 23 heavy (non-hydrogen) atoms. The first-order valence-electron chi connectivity index (χ1n) is 8.45. The van der Waals surface area contributed by atoms with Gasteiger partial charge in [-0.05, 0) is 30.2 Å². The van der Waals surface area contributed by atoms with Gasteiger partial charge in [-0.2, -0.15) is 4.98 Å². The predicted octanol–water partition coefficient (Wildman–Crippen LogP) is 3.69. The zero-order valence-corrected chi connectivity index (χ0v) is 13.9. The Balaban J connectivity index is 1.41.